The van der Waals surface area contributed by atoms with E-state index in [1.165, 1.54) is 6.42 Å². The van der Waals surface area contributed by atoms with Crippen LogP contribution in [0.25, 0.3) is 0 Å². The average Bonchev–Trinajstić information content (AvgIpc) is 2.28. The van der Waals surface area contributed by atoms with Crippen molar-refractivity contribution in [3.63, 3.8) is 0 Å². The van der Waals surface area contributed by atoms with Gasteiger partial charge in [0.2, 0.25) is 0 Å². The van der Waals surface area contributed by atoms with Gasteiger partial charge in [-0.05, 0) is 58.7 Å². The fourth-order valence-electron chi connectivity index (χ4n) is 3.43. The van der Waals surface area contributed by atoms with Gasteiger partial charge in [0.1, 0.15) is 0 Å². The van der Waals surface area contributed by atoms with E-state index in [0.29, 0.717) is 21.8 Å². The number of benzene rings is 1. The second kappa shape index (κ2) is 5.72. The minimum absolute atomic E-state index is 0.109. The highest BCUT2D eigenvalue weighted by molar-refractivity contribution is 9.10. The smallest absolute Gasteiger partial charge is 0.285 e. The summed E-state index contributed by atoms with van der Waals surface area (Å²) < 4.78 is 0.519. The van der Waals surface area contributed by atoms with Gasteiger partial charge < -0.3 is 5.32 Å². The van der Waals surface area contributed by atoms with Gasteiger partial charge in [-0.15, -0.1) is 0 Å². The van der Waals surface area contributed by atoms with Crippen LogP contribution in [0.1, 0.15) is 40.0 Å². The number of halogens is 1. The standard InChI is InChI=1S/C15H21BrN2O2/c1-10-6-12(9-15(2,3)8-10)17-11-4-5-13(16)14(7-11)18(19)20/h4-5,7,10,12,17H,6,8-9H2,1-3H3. The number of nitrogens with zero attached hydrogens (tertiary/aromatic N) is 1. The number of nitro groups is 1. The maximum atomic E-state index is 11.0. The lowest BCUT2D eigenvalue weighted by Crippen LogP contribution is -2.35. The van der Waals surface area contributed by atoms with Crippen LogP contribution in [0.3, 0.4) is 0 Å². The number of nitrogens with one attached hydrogen (secondary N) is 1. The molecule has 1 aromatic rings. The van der Waals surface area contributed by atoms with E-state index >= 15 is 0 Å². The second-order valence-electron chi connectivity index (χ2n) is 6.68. The molecule has 0 saturated heterocycles. The molecule has 0 spiro atoms. The van der Waals surface area contributed by atoms with Crippen LogP contribution in [-0.2, 0) is 0 Å². The predicted octanol–water partition coefficient (Wildman–Crippen LogP) is 4.98. The van der Waals surface area contributed by atoms with Crippen molar-refractivity contribution in [2.75, 3.05) is 5.32 Å². The first kappa shape index (κ1) is 15.3. The van der Waals surface area contributed by atoms with E-state index in [-0.39, 0.29) is 10.6 Å². The number of anilines is 1. The zero-order valence-corrected chi connectivity index (χ0v) is 13.7. The van der Waals surface area contributed by atoms with Crippen molar-refractivity contribution in [3.8, 4) is 0 Å². The molecule has 0 heterocycles. The molecule has 0 bridgehead atoms. The Hall–Kier alpha value is -1.10. The topological polar surface area (TPSA) is 55.2 Å². The lowest BCUT2D eigenvalue weighted by atomic mass is 9.70. The lowest BCUT2D eigenvalue weighted by molar-refractivity contribution is -0.385. The van der Waals surface area contributed by atoms with E-state index in [4.69, 9.17) is 0 Å². The molecule has 20 heavy (non-hydrogen) atoms. The molecule has 1 fully saturated rings. The highest BCUT2D eigenvalue weighted by Crippen LogP contribution is 2.40. The van der Waals surface area contributed by atoms with Crippen LogP contribution >= 0.6 is 15.9 Å². The average molecular weight is 341 g/mol. The van der Waals surface area contributed by atoms with E-state index in [2.05, 4.69) is 42.0 Å². The molecule has 0 radical (unpaired) electrons. The quantitative estimate of drug-likeness (QED) is 0.623. The largest absolute Gasteiger partial charge is 0.382 e. The zero-order chi connectivity index (χ0) is 14.9. The van der Waals surface area contributed by atoms with Crippen molar-refractivity contribution in [1.29, 1.82) is 0 Å². The maximum Gasteiger partial charge on any atom is 0.285 e. The van der Waals surface area contributed by atoms with Gasteiger partial charge in [0.15, 0.2) is 0 Å². The Morgan fingerprint density at radius 1 is 1.40 bits per heavy atom. The molecule has 5 heteroatoms. The van der Waals surface area contributed by atoms with Crippen molar-refractivity contribution < 1.29 is 4.92 Å². The van der Waals surface area contributed by atoms with Gasteiger partial charge >= 0.3 is 0 Å². The van der Waals surface area contributed by atoms with Crippen LogP contribution in [0.2, 0.25) is 0 Å². The molecule has 110 valence electrons. The van der Waals surface area contributed by atoms with Gasteiger partial charge in [-0.25, -0.2) is 0 Å². The lowest BCUT2D eigenvalue weighted by Gasteiger charge is -2.39. The van der Waals surface area contributed by atoms with Gasteiger partial charge in [-0.3, -0.25) is 10.1 Å². The highest BCUT2D eigenvalue weighted by atomic mass is 79.9. The van der Waals surface area contributed by atoms with E-state index < -0.39 is 0 Å². The number of hydrogen-bond acceptors (Lipinski definition) is 3. The predicted molar refractivity (Wildman–Crippen MR) is 85.0 cm³/mol. The SMILES string of the molecule is CC1CC(Nc2ccc(Br)c([N+](=O)[O-])c2)CC(C)(C)C1. The molecule has 0 aromatic heterocycles. The monoisotopic (exact) mass is 340 g/mol. The van der Waals surface area contributed by atoms with Crippen LogP contribution < -0.4 is 5.32 Å². The Morgan fingerprint density at radius 3 is 2.70 bits per heavy atom. The first-order valence-corrected chi connectivity index (χ1v) is 7.76. The van der Waals surface area contributed by atoms with Crippen molar-refractivity contribution in [3.05, 3.63) is 32.8 Å². The Bertz CT molecular complexity index is 517. The molecule has 2 atom stereocenters. The third kappa shape index (κ3) is 3.72. The molecule has 1 N–H and O–H groups in total. The van der Waals surface area contributed by atoms with Gasteiger partial charge in [-0.1, -0.05) is 20.8 Å². The fourth-order valence-corrected chi connectivity index (χ4v) is 3.83. The summed E-state index contributed by atoms with van der Waals surface area (Å²) in [4.78, 5) is 10.6. The molecule has 1 saturated carbocycles. The minimum atomic E-state index is -0.358. The molecular formula is C15H21BrN2O2. The van der Waals surface area contributed by atoms with Crippen molar-refractivity contribution in [2.45, 2.75) is 46.1 Å². The molecular weight excluding hydrogens is 320 g/mol. The minimum Gasteiger partial charge on any atom is -0.382 e. The highest BCUT2D eigenvalue weighted by Gasteiger charge is 2.32. The maximum absolute atomic E-state index is 11.0. The third-order valence-corrected chi connectivity index (χ3v) is 4.57. The van der Waals surface area contributed by atoms with Crippen molar-refractivity contribution in [2.24, 2.45) is 11.3 Å². The molecule has 0 amide bonds. The van der Waals surface area contributed by atoms with Crippen LogP contribution in [0.5, 0.6) is 0 Å². The molecule has 1 aliphatic rings. The summed E-state index contributed by atoms with van der Waals surface area (Å²) in [6.45, 7) is 6.86. The summed E-state index contributed by atoms with van der Waals surface area (Å²) in [6, 6.07) is 5.62. The first-order chi connectivity index (χ1) is 9.27. The summed E-state index contributed by atoms with van der Waals surface area (Å²) in [5, 5.41) is 14.4. The molecule has 4 nitrogen and oxygen atoms in total. The van der Waals surface area contributed by atoms with Crippen LogP contribution in [-0.4, -0.2) is 11.0 Å². The Balaban J connectivity index is 2.14. The zero-order valence-electron chi connectivity index (χ0n) is 12.1. The van der Waals surface area contributed by atoms with Crippen LogP contribution in [0.4, 0.5) is 11.4 Å². The van der Waals surface area contributed by atoms with Crippen molar-refractivity contribution in [1.82, 2.24) is 0 Å². The summed E-state index contributed by atoms with van der Waals surface area (Å²) in [5.41, 5.74) is 1.27. The van der Waals surface area contributed by atoms with E-state index in [9.17, 15) is 10.1 Å². The number of hydrogen-bond donors (Lipinski definition) is 1. The summed E-state index contributed by atoms with van der Waals surface area (Å²) >= 11 is 3.21. The van der Waals surface area contributed by atoms with Gasteiger partial charge in [0.25, 0.3) is 5.69 Å². The second-order valence-corrected chi connectivity index (χ2v) is 7.53. The molecule has 2 unspecified atom stereocenters. The molecule has 1 aromatic carbocycles. The van der Waals surface area contributed by atoms with E-state index in [0.717, 1.165) is 18.5 Å². The van der Waals surface area contributed by atoms with E-state index in [1.54, 1.807) is 12.1 Å². The van der Waals surface area contributed by atoms with Crippen LogP contribution in [0.15, 0.2) is 22.7 Å². The molecule has 0 aliphatic heterocycles. The third-order valence-electron chi connectivity index (χ3n) is 3.90. The van der Waals surface area contributed by atoms with Gasteiger partial charge in [-0.2, -0.15) is 0 Å². The summed E-state index contributed by atoms with van der Waals surface area (Å²) in [5.74, 6) is 0.682. The summed E-state index contributed by atoms with van der Waals surface area (Å²) in [7, 11) is 0. The Labute approximate surface area is 128 Å². The van der Waals surface area contributed by atoms with Gasteiger partial charge in [0, 0.05) is 17.8 Å². The van der Waals surface area contributed by atoms with E-state index in [1.807, 2.05) is 6.07 Å². The van der Waals surface area contributed by atoms with Gasteiger partial charge in [0.05, 0.1) is 9.40 Å². The summed E-state index contributed by atoms with van der Waals surface area (Å²) in [6.07, 6.45) is 3.46. The Morgan fingerprint density at radius 2 is 2.10 bits per heavy atom. The first-order valence-electron chi connectivity index (χ1n) is 6.97. The fraction of sp³-hybridized carbons (Fsp3) is 0.600. The Kier molecular flexibility index (Phi) is 4.37. The molecule has 2 rings (SSSR count). The normalized spacial score (nSPS) is 25.2. The number of nitro benzene ring substituents is 1. The molecule has 1 aliphatic carbocycles. The van der Waals surface area contributed by atoms with Crippen molar-refractivity contribution >= 4 is 27.3 Å². The number of rotatable bonds is 3. The van der Waals surface area contributed by atoms with Crippen LogP contribution in [0, 0.1) is 21.4 Å².